The summed E-state index contributed by atoms with van der Waals surface area (Å²) < 4.78 is 6.10. The second-order valence-electron chi connectivity index (χ2n) is 3.91. The molecular formula is C14H7NaO4S. The number of carbonyl (C=O) groups excluding carboxylic acids is 1. The summed E-state index contributed by atoms with van der Waals surface area (Å²) in [5, 5.41) is 11.4. The fourth-order valence-corrected chi connectivity index (χ4v) is 3.09. The zero-order valence-corrected chi connectivity index (χ0v) is 13.4. The van der Waals surface area contributed by atoms with Crippen molar-refractivity contribution < 1.29 is 44.2 Å². The molecule has 0 spiro atoms. The molecule has 20 heavy (non-hydrogen) atoms. The first kappa shape index (κ1) is 15.0. The summed E-state index contributed by atoms with van der Waals surface area (Å²) in [5.74, 6) is 0.0181. The Balaban J connectivity index is 0.00000147. The van der Waals surface area contributed by atoms with Gasteiger partial charge in [0, 0.05) is 14.8 Å². The minimum absolute atomic E-state index is 0. The Morgan fingerprint density at radius 2 is 1.75 bits per heavy atom. The number of benzene rings is 2. The van der Waals surface area contributed by atoms with Crippen LogP contribution in [-0.2, 0) is 0 Å². The Labute approximate surface area is 139 Å². The molecule has 3 aromatic rings. The molecule has 0 aliphatic carbocycles. The van der Waals surface area contributed by atoms with Crippen LogP contribution in [0.15, 0.2) is 47.3 Å². The van der Waals surface area contributed by atoms with Crippen LogP contribution in [0.5, 0.6) is 5.75 Å². The Bertz CT molecular complexity index is 857. The van der Waals surface area contributed by atoms with Gasteiger partial charge in [-0.1, -0.05) is 18.2 Å². The van der Waals surface area contributed by atoms with Crippen molar-refractivity contribution in [1.82, 2.24) is 0 Å². The molecule has 0 atom stereocenters. The summed E-state index contributed by atoms with van der Waals surface area (Å²) >= 11 is 1.41. The van der Waals surface area contributed by atoms with Crippen molar-refractivity contribution in [3.63, 3.8) is 0 Å². The van der Waals surface area contributed by atoms with Crippen molar-refractivity contribution >= 4 is 37.7 Å². The molecule has 0 radical (unpaired) electrons. The van der Waals surface area contributed by atoms with Crippen molar-refractivity contribution in [2.75, 3.05) is 0 Å². The van der Waals surface area contributed by atoms with Gasteiger partial charge in [0.2, 0.25) is 0 Å². The molecule has 3 rings (SSSR count). The predicted octanol–water partition coefficient (Wildman–Crippen LogP) is -0.859. The molecule has 0 bridgehead atoms. The predicted molar refractivity (Wildman–Crippen MR) is 71.6 cm³/mol. The molecule has 0 unspecified atom stereocenters. The van der Waals surface area contributed by atoms with E-state index in [9.17, 15) is 14.7 Å². The fraction of sp³-hybridized carbons (Fsp3) is 0. The fourth-order valence-electron chi connectivity index (χ4n) is 1.99. The van der Waals surface area contributed by atoms with Gasteiger partial charge in [-0.2, -0.15) is 0 Å². The third-order valence-electron chi connectivity index (χ3n) is 2.76. The van der Waals surface area contributed by atoms with Crippen LogP contribution in [0.25, 0.3) is 20.2 Å². The van der Waals surface area contributed by atoms with E-state index in [1.54, 1.807) is 24.3 Å². The van der Waals surface area contributed by atoms with E-state index < -0.39 is 6.16 Å². The van der Waals surface area contributed by atoms with E-state index in [1.165, 1.54) is 17.4 Å². The van der Waals surface area contributed by atoms with Gasteiger partial charge < -0.3 is 14.6 Å². The Morgan fingerprint density at radius 3 is 2.50 bits per heavy atom. The first-order chi connectivity index (χ1) is 9.16. The van der Waals surface area contributed by atoms with Gasteiger partial charge in [-0.25, -0.2) is 0 Å². The number of fused-ring (bicyclic) bond motifs is 2. The van der Waals surface area contributed by atoms with Crippen LogP contribution < -0.4 is 44.8 Å². The maximum Gasteiger partial charge on any atom is 1.00 e. The van der Waals surface area contributed by atoms with Crippen LogP contribution in [0.2, 0.25) is 0 Å². The summed E-state index contributed by atoms with van der Waals surface area (Å²) in [4.78, 5) is 23.0. The Morgan fingerprint density at radius 1 is 1.05 bits per heavy atom. The van der Waals surface area contributed by atoms with Gasteiger partial charge in [0.05, 0.1) is 11.1 Å². The van der Waals surface area contributed by atoms with E-state index in [0.717, 1.165) is 4.70 Å². The monoisotopic (exact) mass is 294 g/mol. The van der Waals surface area contributed by atoms with Crippen LogP contribution in [0, 0.1) is 0 Å². The number of carboxylic acid groups (broad SMARTS) is 1. The summed E-state index contributed by atoms with van der Waals surface area (Å²) in [7, 11) is 0. The Kier molecular flexibility index (Phi) is 4.45. The summed E-state index contributed by atoms with van der Waals surface area (Å²) in [6, 6.07) is 12.0. The van der Waals surface area contributed by atoms with E-state index in [0.29, 0.717) is 10.1 Å². The number of carbonyl (C=O) groups is 1. The quantitative estimate of drug-likeness (QED) is 0.253. The normalized spacial score (nSPS) is 10.2. The number of hydrogen-bond donors (Lipinski definition) is 0. The van der Waals surface area contributed by atoms with Gasteiger partial charge in [-0.05, 0) is 24.3 Å². The molecule has 1 heterocycles. The van der Waals surface area contributed by atoms with Crippen molar-refractivity contribution in [1.29, 1.82) is 0 Å². The largest absolute Gasteiger partial charge is 1.00 e. The van der Waals surface area contributed by atoms with E-state index in [2.05, 4.69) is 4.74 Å². The minimum atomic E-state index is -1.68. The molecule has 0 saturated carbocycles. The molecule has 0 fully saturated rings. The summed E-state index contributed by atoms with van der Waals surface area (Å²) in [6.45, 7) is 0. The smallest absolute Gasteiger partial charge is 0.513 e. The van der Waals surface area contributed by atoms with Crippen molar-refractivity contribution in [2.24, 2.45) is 0 Å². The standard InChI is InChI=1S/C14H8O4S.Na/c15-13-8-4-1-2-6-10(8)19-11-7-3-5-9(12(11)13)18-14(16)17;/h1-7H,(H,16,17);/q;+1/p-1. The van der Waals surface area contributed by atoms with Gasteiger partial charge in [0.1, 0.15) is 0 Å². The van der Waals surface area contributed by atoms with Crippen LogP contribution >= 0.6 is 11.3 Å². The van der Waals surface area contributed by atoms with Crippen molar-refractivity contribution in [2.45, 2.75) is 0 Å². The average Bonchev–Trinajstić information content (AvgIpc) is 2.38. The summed E-state index contributed by atoms with van der Waals surface area (Å²) in [5.41, 5.74) is -0.235. The van der Waals surface area contributed by atoms with Gasteiger partial charge >= 0.3 is 29.6 Å². The molecule has 2 aromatic carbocycles. The number of hydrogen-bond acceptors (Lipinski definition) is 5. The molecule has 1 aromatic heterocycles. The maximum atomic E-state index is 12.4. The Hall–Kier alpha value is -1.40. The van der Waals surface area contributed by atoms with Crippen molar-refractivity contribution in [3.05, 3.63) is 52.7 Å². The minimum Gasteiger partial charge on any atom is -0.513 e. The van der Waals surface area contributed by atoms with Crippen LogP contribution in [-0.4, -0.2) is 6.16 Å². The SMILES string of the molecule is O=C([O-])Oc1cccc2sc3ccccc3c(=O)c12.[Na+]. The van der Waals surface area contributed by atoms with Crippen LogP contribution in [0.3, 0.4) is 0 Å². The number of rotatable bonds is 1. The van der Waals surface area contributed by atoms with E-state index in [4.69, 9.17) is 0 Å². The third-order valence-corrected chi connectivity index (χ3v) is 3.90. The molecule has 0 aliphatic rings. The maximum absolute atomic E-state index is 12.4. The molecule has 0 N–H and O–H groups in total. The molecule has 0 saturated heterocycles. The van der Waals surface area contributed by atoms with E-state index in [1.807, 2.05) is 12.1 Å². The molecule has 94 valence electrons. The van der Waals surface area contributed by atoms with Gasteiger partial charge in [0.15, 0.2) is 5.43 Å². The first-order valence-electron chi connectivity index (χ1n) is 5.50. The van der Waals surface area contributed by atoms with Crippen LogP contribution in [0.4, 0.5) is 4.79 Å². The molecule has 0 amide bonds. The molecule has 4 nitrogen and oxygen atoms in total. The van der Waals surface area contributed by atoms with Gasteiger partial charge in [-0.3, -0.25) is 4.79 Å². The van der Waals surface area contributed by atoms with E-state index >= 15 is 0 Å². The number of ether oxygens (including phenoxy) is 1. The second-order valence-corrected chi connectivity index (χ2v) is 4.99. The van der Waals surface area contributed by atoms with Gasteiger partial charge in [-0.15, -0.1) is 11.3 Å². The molecule has 6 heteroatoms. The molecule has 0 aliphatic heterocycles. The van der Waals surface area contributed by atoms with Crippen molar-refractivity contribution in [3.8, 4) is 5.75 Å². The molecular weight excluding hydrogens is 287 g/mol. The topological polar surface area (TPSA) is 66.4 Å². The zero-order valence-electron chi connectivity index (χ0n) is 10.6. The third kappa shape index (κ3) is 2.58. The average molecular weight is 294 g/mol. The van der Waals surface area contributed by atoms with Gasteiger partial charge in [0.25, 0.3) is 6.16 Å². The zero-order chi connectivity index (χ0) is 13.4. The summed E-state index contributed by atoms with van der Waals surface area (Å²) in [6.07, 6.45) is -1.68. The van der Waals surface area contributed by atoms with E-state index in [-0.39, 0.29) is 46.1 Å². The first-order valence-corrected chi connectivity index (χ1v) is 6.32. The van der Waals surface area contributed by atoms with Crippen LogP contribution in [0.1, 0.15) is 0 Å². The second kappa shape index (κ2) is 5.93.